The fourth-order valence-electron chi connectivity index (χ4n) is 12.5. The first kappa shape index (κ1) is 38.4. The van der Waals surface area contributed by atoms with Crippen LogP contribution in [0.2, 0.25) is 0 Å². The predicted molar refractivity (Wildman–Crippen MR) is 195 cm³/mol. The van der Waals surface area contributed by atoms with Crippen LogP contribution in [0, 0.1) is 29.6 Å². The maximum Gasteiger partial charge on any atom is 0.344 e. The van der Waals surface area contributed by atoms with Gasteiger partial charge in [0.25, 0.3) is 5.97 Å². The van der Waals surface area contributed by atoms with Crippen molar-refractivity contribution in [2.45, 2.75) is 144 Å². The van der Waals surface area contributed by atoms with Crippen LogP contribution >= 0.6 is 0 Å². The van der Waals surface area contributed by atoms with Gasteiger partial charge in [-0.15, -0.1) is 0 Å². The molecule has 7 fully saturated rings. The highest BCUT2D eigenvalue weighted by molar-refractivity contribution is 5.89. The summed E-state index contributed by atoms with van der Waals surface area (Å²) in [4.78, 5) is 42.0. The zero-order valence-corrected chi connectivity index (χ0v) is 32.6. The number of rotatable bonds is 8. The van der Waals surface area contributed by atoms with E-state index in [-0.39, 0.29) is 18.9 Å². The van der Waals surface area contributed by atoms with Gasteiger partial charge < -0.3 is 48.1 Å². The molecule has 1 unspecified atom stereocenters. The molecule has 9 rings (SSSR count). The summed E-state index contributed by atoms with van der Waals surface area (Å²) in [5.41, 5.74) is -6.19. The number of benzene rings is 1. The first-order valence-corrected chi connectivity index (χ1v) is 20.5. The minimum atomic E-state index is -2.10. The molecule has 56 heavy (non-hydrogen) atoms. The van der Waals surface area contributed by atoms with Gasteiger partial charge >= 0.3 is 17.9 Å². The number of carbonyl (C=O) groups excluding carboxylic acids is 3. The number of hydrogen-bond donors (Lipinski definition) is 2. The Labute approximate surface area is 326 Å². The second kappa shape index (κ2) is 13.2. The van der Waals surface area contributed by atoms with Gasteiger partial charge in [-0.1, -0.05) is 63.1 Å². The van der Waals surface area contributed by atoms with Crippen molar-refractivity contribution in [3.05, 3.63) is 60.2 Å². The smallest absolute Gasteiger partial charge is 0.344 e. The van der Waals surface area contributed by atoms with Gasteiger partial charge in [-0.2, -0.15) is 0 Å². The SMILES string of the molecule is C=C(C)[C@@]12OC34CCC/C=C\CCCC[C@H](CCC)[C@@H]5[C@@H]6[C@]7(O[C@]5(C)OC7=O)[C@H](O)[C@@]5(CO)O[C@H]5[C@@H]([C@H]1O3)[C@]6(O4)[C@H](COC(=O)c1ccccc1)[C@H]2OC(C)=O. The highest BCUT2D eigenvalue weighted by Crippen LogP contribution is 2.77. The summed E-state index contributed by atoms with van der Waals surface area (Å²) in [6, 6.07) is 8.57. The number of aliphatic hydroxyl groups excluding tert-OH is 2. The van der Waals surface area contributed by atoms with Crippen LogP contribution in [0.3, 0.4) is 0 Å². The molecular weight excluding hydrogens is 724 g/mol. The van der Waals surface area contributed by atoms with Crippen LogP contribution in [0.5, 0.6) is 0 Å². The summed E-state index contributed by atoms with van der Waals surface area (Å²) >= 11 is 0. The Hall–Kier alpha value is -3.17. The predicted octanol–water partition coefficient (Wildman–Crippen LogP) is 4.67. The van der Waals surface area contributed by atoms with Crippen LogP contribution in [0.15, 0.2) is 54.6 Å². The van der Waals surface area contributed by atoms with Gasteiger partial charge in [-0.25, -0.2) is 9.59 Å². The molecule has 6 aliphatic heterocycles. The summed E-state index contributed by atoms with van der Waals surface area (Å²) in [6.07, 6.45) is 6.23. The zero-order valence-electron chi connectivity index (χ0n) is 32.6. The van der Waals surface area contributed by atoms with E-state index in [2.05, 4.69) is 25.7 Å². The molecule has 2 N–H and O–H groups in total. The number of fused-ring (bicyclic) bond motifs is 3. The van der Waals surface area contributed by atoms with Crippen molar-refractivity contribution >= 4 is 17.9 Å². The molecular formula is C43H54O13. The van der Waals surface area contributed by atoms with Gasteiger partial charge in [-0.05, 0) is 62.7 Å². The lowest BCUT2D eigenvalue weighted by molar-refractivity contribution is -0.438. The van der Waals surface area contributed by atoms with Crippen molar-refractivity contribution in [2.75, 3.05) is 13.2 Å². The van der Waals surface area contributed by atoms with Crippen LogP contribution in [0.25, 0.3) is 0 Å². The average Bonchev–Trinajstić information content (AvgIpc) is 3.66. The third-order valence-electron chi connectivity index (χ3n) is 14.5. The first-order valence-electron chi connectivity index (χ1n) is 20.5. The molecule has 304 valence electrons. The van der Waals surface area contributed by atoms with E-state index >= 15 is 0 Å². The van der Waals surface area contributed by atoms with Gasteiger partial charge in [0.2, 0.25) is 11.4 Å². The second-order valence-electron chi connectivity index (χ2n) is 17.5. The molecule has 13 nitrogen and oxygen atoms in total. The lowest BCUT2D eigenvalue weighted by Crippen LogP contribution is -2.79. The van der Waals surface area contributed by atoms with E-state index in [1.807, 2.05) is 0 Å². The van der Waals surface area contributed by atoms with E-state index in [9.17, 15) is 24.6 Å². The summed E-state index contributed by atoms with van der Waals surface area (Å²) in [5.74, 6) is -8.84. The van der Waals surface area contributed by atoms with Crippen LogP contribution in [-0.4, -0.2) is 99.9 Å². The monoisotopic (exact) mass is 778 g/mol. The summed E-state index contributed by atoms with van der Waals surface area (Å²) < 4.78 is 54.2. The van der Waals surface area contributed by atoms with Gasteiger partial charge in [0.15, 0.2) is 5.60 Å². The maximum atomic E-state index is 14.8. The number of epoxide rings is 1. The Morgan fingerprint density at radius 3 is 2.43 bits per heavy atom. The van der Waals surface area contributed by atoms with E-state index < -0.39 is 107 Å². The molecule has 0 aromatic heterocycles. The van der Waals surface area contributed by atoms with E-state index in [0.717, 1.165) is 38.5 Å². The Morgan fingerprint density at radius 1 is 0.982 bits per heavy atom. The number of hydrogen-bond acceptors (Lipinski definition) is 13. The van der Waals surface area contributed by atoms with Crippen LogP contribution in [0.4, 0.5) is 0 Å². The van der Waals surface area contributed by atoms with Gasteiger partial charge in [0, 0.05) is 38.0 Å². The van der Waals surface area contributed by atoms with Crippen LogP contribution < -0.4 is 0 Å². The minimum Gasteiger partial charge on any atom is -0.462 e. The average molecular weight is 779 g/mol. The molecule has 1 aromatic rings. The number of carbonyl (C=O) groups is 3. The van der Waals surface area contributed by atoms with Gasteiger partial charge in [0.1, 0.15) is 36.6 Å². The normalized spacial score (nSPS) is 48.8. The highest BCUT2D eigenvalue weighted by Gasteiger charge is 2.95. The molecule has 1 aromatic carbocycles. The van der Waals surface area contributed by atoms with Crippen molar-refractivity contribution in [3.63, 3.8) is 0 Å². The van der Waals surface area contributed by atoms with E-state index in [4.69, 9.17) is 37.9 Å². The highest BCUT2D eigenvalue weighted by atomic mass is 16.9. The third kappa shape index (κ3) is 4.94. The summed E-state index contributed by atoms with van der Waals surface area (Å²) in [6.45, 7) is 10.4. The molecule has 5 bridgehead atoms. The quantitative estimate of drug-likeness (QED) is 0.162. The molecule has 8 aliphatic rings. The molecule has 3 spiro atoms. The Bertz CT molecular complexity index is 1820. The van der Waals surface area contributed by atoms with Gasteiger partial charge in [0.05, 0.1) is 23.7 Å². The number of allylic oxidation sites excluding steroid dienone is 2. The molecule has 6 heterocycles. The second-order valence-corrected chi connectivity index (χ2v) is 17.5. The van der Waals surface area contributed by atoms with Gasteiger partial charge in [-0.3, -0.25) is 4.79 Å². The molecule has 15 atom stereocenters. The summed E-state index contributed by atoms with van der Waals surface area (Å²) in [5, 5.41) is 24.0. The Morgan fingerprint density at radius 2 is 1.73 bits per heavy atom. The fraction of sp³-hybridized carbons (Fsp3) is 0.698. The molecule has 2 aliphatic carbocycles. The van der Waals surface area contributed by atoms with E-state index in [0.29, 0.717) is 24.0 Å². The Kier molecular flexibility index (Phi) is 9.02. The van der Waals surface area contributed by atoms with E-state index in [1.54, 1.807) is 44.2 Å². The minimum absolute atomic E-state index is 0.0878. The third-order valence-corrected chi connectivity index (χ3v) is 14.5. The number of aliphatic hydroxyl groups is 2. The number of esters is 3. The Balaban J connectivity index is 1.34. The van der Waals surface area contributed by atoms with Crippen molar-refractivity contribution < 1.29 is 62.5 Å². The lowest BCUT2D eigenvalue weighted by atomic mass is 9.48. The summed E-state index contributed by atoms with van der Waals surface area (Å²) in [7, 11) is 0. The number of ether oxygens (including phenoxy) is 8. The van der Waals surface area contributed by atoms with E-state index in [1.165, 1.54) is 6.92 Å². The zero-order chi connectivity index (χ0) is 39.5. The standard InChI is InChI=1S/C43H54O13/c1-6-17-26-18-13-10-8-7-9-11-16-21-40-52-34-30-33-39(23-44,51-33)36(47)43-31(29(26)38(5,54-43)53-37(43)48)42(30,56-40)28(22-49-35(46)27-19-14-12-15-20-27)32(50-25(4)45)41(34,55-40)24(2)3/h7,9,12,14-15,19-20,26,28-34,36,44,47H,2,6,8,10-11,13,16-18,21-23H2,1,3-5H3/b9-7-/t26-,28+,29+,30-,31-,32+,33-,34+,36+,38-,39-,40?,41-,42+,43-/m0/s1. The molecule has 0 radical (unpaired) electrons. The largest absolute Gasteiger partial charge is 0.462 e. The molecule has 5 saturated heterocycles. The molecule has 13 heteroatoms. The first-order chi connectivity index (χ1) is 26.8. The molecule has 2 saturated carbocycles. The maximum absolute atomic E-state index is 14.8. The van der Waals surface area contributed by atoms with Crippen molar-refractivity contribution in [3.8, 4) is 0 Å². The van der Waals surface area contributed by atoms with Crippen LogP contribution in [-0.2, 0) is 47.5 Å². The molecule has 0 amide bonds. The fourth-order valence-corrected chi connectivity index (χ4v) is 12.5. The van der Waals surface area contributed by atoms with Crippen molar-refractivity contribution in [1.82, 2.24) is 0 Å². The lowest BCUT2D eigenvalue weighted by Gasteiger charge is -2.63. The van der Waals surface area contributed by atoms with Crippen molar-refractivity contribution in [1.29, 1.82) is 0 Å². The van der Waals surface area contributed by atoms with Crippen LogP contribution in [0.1, 0.15) is 95.8 Å². The topological polar surface area (TPSA) is 169 Å². The van der Waals surface area contributed by atoms with Crippen molar-refractivity contribution in [2.24, 2.45) is 29.6 Å².